The van der Waals surface area contributed by atoms with Crippen molar-refractivity contribution in [2.75, 3.05) is 19.6 Å². The summed E-state index contributed by atoms with van der Waals surface area (Å²) in [4.78, 5) is 20.0. The maximum Gasteiger partial charge on any atom is 0.254 e. The van der Waals surface area contributed by atoms with Gasteiger partial charge in [0.15, 0.2) is 0 Å². The number of carbonyl (C=O) groups excluding carboxylic acids is 1. The van der Waals surface area contributed by atoms with Gasteiger partial charge in [0.1, 0.15) is 5.82 Å². The maximum absolute atomic E-state index is 13.8. The van der Waals surface area contributed by atoms with Gasteiger partial charge in [0.25, 0.3) is 5.91 Å². The minimum absolute atomic E-state index is 0.0537. The first kappa shape index (κ1) is 25.2. The zero-order chi connectivity index (χ0) is 25.1. The fourth-order valence-electron chi connectivity index (χ4n) is 6.20. The zero-order valence-electron chi connectivity index (χ0n) is 21.5. The molecule has 1 saturated heterocycles. The van der Waals surface area contributed by atoms with E-state index in [0.29, 0.717) is 17.4 Å². The molecule has 1 aliphatic carbocycles. The van der Waals surface area contributed by atoms with Crippen molar-refractivity contribution in [3.05, 3.63) is 92.9 Å². The van der Waals surface area contributed by atoms with Crippen LogP contribution in [0.4, 0.5) is 4.39 Å². The second kappa shape index (κ2) is 11.3. The Bertz CT molecular complexity index is 1170. The van der Waals surface area contributed by atoms with E-state index in [0.717, 1.165) is 39.0 Å². The van der Waals surface area contributed by atoms with Crippen molar-refractivity contribution in [3.63, 3.8) is 0 Å². The third-order valence-corrected chi connectivity index (χ3v) is 9.25. The first-order valence-electron chi connectivity index (χ1n) is 13.4. The van der Waals surface area contributed by atoms with E-state index in [9.17, 15) is 9.18 Å². The molecule has 1 saturated carbocycles. The van der Waals surface area contributed by atoms with Gasteiger partial charge in [-0.05, 0) is 85.0 Å². The van der Waals surface area contributed by atoms with E-state index in [2.05, 4.69) is 59.4 Å². The number of halogens is 1. The molecule has 0 bridgehead atoms. The molecule has 3 nitrogen and oxygen atoms in total. The lowest BCUT2D eigenvalue weighted by Crippen LogP contribution is -2.45. The molecule has 2 fully saturated rings. The van der Waals surface area contributed by atoms with E-state index in [-0.39, 0.29) is 17.8 Å². The second-order valence-corrected chi connectivity index (χ2v) is 11.7. The number of nitrogens with zero attached hydrogens (tertiary/aromatic N) is 2. The molecule has 190 valence electrons. The van der Waals surface area contributed by atoms with E-state index in [1.165, 1.54) is 53.0 Å². The minimum Gasteiger partial charge on any atom is -0.335 e. The molecule has 0 N–H and O–H groups in total. The van der Waals surface area contributed by atoms with E-state index >= 15 is 0 Å². The van der Waals surface area contributed by atoms with Gasteiger partial charge in [-0.1, -0.05) is 43.5 Å². The Hall–Kier alpha value is -2.50. The van der Waals surface area contributed by atoms with Crippen LogP contribution in [-0.2, 0) is 6.54 Å². The van der Waals surface area contributed by atoms with Gasteiger partial charge in [0.2, 0.25) is 0 Å². The number of hydrogen-bond donors (Lipinski definition) is 0. The van der Waals surface area contributed by atoms with Crippen LogP contribution in [0.5, 0.6) is 0 Å². The number of likely N-dealkylation sites (tertiary alicyclic amines) is 1. The Labute approximate surface area is 218 Å². The molecular weight excluding hydrogens is 467 g/mol. The minimum atomic E-state index is -0.300. The van der Waals surface area contributed by atoms with Gasteiger partial charge in [0, 0.05) is 48.6 Å². The SMILES string of the molecule is Cc1ccccc1[C@H]1CN(Cc2sccc2C)C[C@H]1CN(C(=O)c1ccc(F)cc1)C1CCCCC1. The number of thiophene rings is 1. The van der Waals surface area contributed by atoms with Crippen molar-refractivity contribution >= 4 is 17.2 Å². The first-order valence-corrected chi connectivity index (χ1v) is 14.2. The lowest BCUT2D eigenvalue weighted by atomic mass is 9.85. The van der Waals surface area contributed by atoms with Crippen LogP contribution in [-0.4, -0.2) is 41.4 Å². The summed E-state index contributed by atoms with van der Waals surface area (Å²) in [5, 5.41) is 2.18. The fraction of sp³-hybridized carbons (Fsp3) is 0.452. The predicted molar refractivity (Wildman–Crippen MR) is 146 cm³/mol. The Morgan fingerprint density at radius 3 is 2.42 bits per heavy atom. The van der Waals surface area contributed by atoms with Crippen molar-refractivity contribution in [1.29, 1.82) is 0 Å². The molecular formula is C31H37FN2OS. The van der Waals surface area contributed by atoms with Gasteiger partial charge < -0.3 is 4.90 Å². The van der Waals surface area contributed by atoms with Crippen molar-refractivity contribution in [2.24, 2.45) is 5.92 Å². The van der Waals surface area contributed by atoms with Crippen molar-refractivity contribution < 1.29 is 9.18 Å². The normalized spacial score (nSPS) is 21.1. The zero-order valence-corrected chi connectivity index (χ0v) is 22.3. The summed E-state index contributed by atoms with van der Waals surface area (Å²) in [6.07, 6.45) is 5.72. The van der Waals surface area contributed by atoms with E-state index in [1.807, 2.05) is 11.3 Å². The third-order valence-electron chi connectivity index (χ3n) is 8.24. The highest BCUT2D eigenvalue weighted by Gasteiger charge is 2.38. The Morgan fingerprint density at radius 2 is 1.72 bits per heavy atom. The first-order chi connectivity index (χ1) is 17.5. The van der Waals surface area contributed by atoms with Gasteiger partial charge in [-0.25, -0.2) is 4.39 Å². The third kappa shape index (κ3) is 5.57. The van der Waals surface area contributed by atoms with Gasteiger partial charge in [-0.3, -0.25) is 9.69 Å². The standard InChI is InChI=1S/C31H37FN2OS/c1-22-8-6-7-11-28(22)29-20-33(21-30-23(2)16-17-36-30)18-25(29)19-34(27-9-4-3-5-10-27)31(35)24-12-14-26(32)15-13-24/h6-8,11-17,25,27,29H,3-5,9-10,18-21H2,1-2H3/t25-,29-/m0/s1. The molecule has 3 aromatic rings. The summed E-state index contributed by atoms with van der Waals surface area (Å²) in [6, 6.07) is 17.3. The molecule has 2 aliphatic rings. The topological polar surface area (TPSA) is 23.6 Å². The molecule has 5 heteroatoms. The molecule has 5 rings (SSSR count). The summed E-state index contributed by atoms with van der Waals surface area (Å²) in [5.41, 5.74) is 4.70. The summed E-state index contributed by atoms with van der Waals surface area (Å²) in [6.45, 7) is 8.12. The lowest BCUT2D eigenvalue weighted by Gasteiger charge is -2.37. The Balaban J connectivity index is 1.43. The molecule has 2 heterocycles. The highest BCUT2D eigenvalue weighted by atomic mass is 32.1. The number of amides is 1. The lowest BCUT2D eigenvalue weighted by molar-refractivity contribution is 0.0588. The number of hydrogen-bond acceptors (Lipinski definition) is 3. The van der Waals surface area contributed by atoms with Crippen molar-refractivity contribution in [3.8, 4) is 0 Å². The van der Waals surface area contributed by atoms with E-state index in [4.69, 9.17) is 0 Å². The highest BCUT2D eigenvalue weighted by molar-refractivity contribution is 7.10. The Kier molecular flexibility index (Phi) is 7.87. The number of aryl methyl sites for hydroxylation is 2. The number of carbonyl (C=O) groups is 1. The molecule has 2 aromatic carbocycles. The maximum atomic E-state index is 13.8. The van der Waals surface area contributed by atoms with Gasteiger partial charge >= 0.3 is 0 Å². The molecule has 36 heavy (non-hydrogen) atoms. The van der Waals surface area contributed by atoms with Crippen LogP contribution in [0.25, 0.3) is 0 Å². The van der Waals surface area contributed by atoms with Crippen LogP contribution in [0.2, 0.25) is 0 Å². The molecule has 1 aromatic heterocycles. The van der Waals surface area contributed by atoms with Crippen LogP contribution in [0.3, 0.4) is 0 Å². The monoisotopic (exact) mass is 504 g/mol. The van der Waals surface area contributed by atoms with Gasteiger partial charge in [-0.2, -0.15) is 0 Å². The predicted octanol–water partition coefficient (Wildman–Crippen LogP) is 7.19. The summed E-state index contributed by atoms with van der Waals surface area (Å²) in [5.74, 6) is 0.500. The molecule has 0 spiro atoms. The Morgan fingerprint density at radius 1 is 0.972 bits per heavy atom. The van der Waals surface area contributed by atoms with E-state index < -0.39 is 0 Å². The second-order valence-electron chi connectivity index (χ2n) is 10.7. The summed E-state index contributed by atoms with van der Waals surface area (Å²) in [7, 11) is 0. The largest absolute Gasteiger partial charge is 0.335 e. The van der Waals surface area contributed by atoms with E-state index in [1.54, 1.807) is 12.1 Å². The summed E-state index contributed by atoms with van der Waals surface area (Å²) >= 11 is 1.84. The fourth-order valence-corrected chi connectivity index (χ4v) is 7.15. The molecule has 1 aliphatic heterocycles. The van der Waals surface area contributed by atoms with Gasteiger partial charge in [-0.15, -0.1) is 11.3 Å². The average Bonchev–Trinajstić information content (AvgIpc) is 3.49. The van der Waals surface area contributed by atoms with Crippen molar-refractivity contribution in [1.82, 2.24) is 9.80 Å². The quantitative estimate of drug-likeness (QED) is 0.340. The molecule has 1 amide bonds. The number of rotatable bonds is 7. The summed E-state index contributed by atoms with van der Waals surface area (Å²) < 4.78 is 13.6. The van der Waals surface area contributed by atoms with Crippen LogP contribution in [0.15, 0.2) is 60.0 Å². The van der Waals surface area contributed by atoms with Crippen LogP contribution in [0, 0.1) is 25.6 Å². The number of benzene rings is 2. The smallest absolute Gasteiger partial charge is 0.254 e. The molecule has 0 unspecified atom stereocenters. The highest BCUT2D eigenvalue weighted by Crippen LogP contribution is 2.38. The molecule has 0 radical (unpaired) electrons. The molecule has 2 atom stereocenters. The van der Waals surface area contributed by atoms with Crippen molar-refractivity contribution in [2.45, 2.75) is 64.5 Å². The average molecular weight is 505 g/mol. The van der Waals surface area contributed by atoms with Gasteiger partial charge in [0.05, 0.1) is 0 Å². The van der Waals surface area contributed by atoms with Crippen LogP contribution >= 0.6 is 11.3 Å². The van der Waals surface area contributed by atoms with Crippen LogP contribution < -0.4 is 0 Å². The van der Waals surface area contributed by atoms with Crippen LogP contribution in [0.1, 0.15) is 69.9 Å².